The molecular weight excluding hydrogens is 306 g/mol. The number of ether oxygens (including phenoxy) is 1. The summed E-state index contributed by atoms with van der Waals surface area (Å²) in [5, 5.41) is -0.0372. The standard InChI is InChI=1S/C17H16F2O2S/c1-3-17(20)22-16-6-4-5-14(19)13(16)10-21-15-8-7-12(18)9-11(15)2/h4-9H,3,10H2,1-2H3. The summed E-state index contributed by atoms with van der Waals surface area (Å²) in [4.78, 5) is 12.1. The molecule has 0 spiro atoms. The molecule has 5 heteroatoms. The van der Waals surface area contributed by atoms with E-state index in [-0.39, 0.29) is 17.5 Å². The molecule has 22 heavy (non-hydrogen) atoms. The first-order valence-electron chi connectivity index (χ1n) is 6.88. The highest BCUT2D eigenvalue weighted by Gasteiger charge is 2.13. The lowest BCUT2D eigenvalue weighted by Gasteiger charge is -2.12. The third-order valence-electron chi connectivity index (χ3n) is 3.10. The van der Waals surface area contributed by atoms with Crippen LogP contribution >= 0.6 is 11.8 Å². The smallest absolute Gasteiger partial charge is 0.193 e. The lowest BCUT2D eigenvalue weighted by Crippen LogP contribution is -2.03. The van der Waals surface area contributed by atoms with Gasteiger partial charge in [0.2, 0.25) is 0 Å². The van der Waals surface area contributed by atoms with Gasteiger partial charge in [-0.15, -0.1) is 0 Å². The van der Waals surface area contributed by atoms with Gasteiger partial charge in [0.05, 0.1) is 0 Å². The second-order valence-corrected chi connectivity index (χ2v) is 5.84. The number of rotatable bonds is 5. The molecule has 2 nitrogen and oxygen atoms in total. The van der Waals surface area contributed by atoms with Gasteiger partial charge in [0.1, 0.15) is 24.0 Å². The highest BCUT2D eigenvalue weighted by Crippen LogP contribution is 2.28. The van der Waals surface area contributed by atoms with E-state index in [1.54, 1.807) is 26.0 Å². The molecule has 0 saturated heterocycles. The van der Waals surface area contributed by atoms with E-state index in [0.717, 1.165) is 11.8 Å². The minimum absolute atomic E-state index is 0.0154. The van der Waals surface area contributed by atoms with Crippen molar-refractivity contribution in [2.24, 2.45) is 0 Å². The van der Waals surface area contributed by atoms with Gasteiger partial charge in [-0.25, -0.2) is 8.78 Å². The molecule has 0 unspecified atom stereocenters. The van der Waals surface area contributed by atoms with Crippen LogP contribution in [-0.2, 0) is 11.4 Å². The summed E-state index contributed by atoms with van der Waals surface area (Å²) in [7, 11) is 0. The van der Waals surface area contributed by atoms with Crippen LogP contribution in [0.25, 0.3) is 0 Å². The van der Waals surface area contributed by atoms with Crippen molar-refractivity contribution in [2.75, 3.05) is 0 Å². The summed E-state index contributed by atoms with van der Waals surface area (Å²) in [6.07, 6.45) is 0.374. The molecule has 0 heterocycles. The largest absolute Gasteiger partial charge is 0.488 e. The van der Waals surface area contributed by atoms with Crippen LogP contribution in [0, 0.1) is 18.6 Å². The number of hydrogen-bond acceptors (Lipinski definition) is 3. The van der Waals surface area contributed by atoms with Crippen molar-refractivity contribution in [3.05, 3.63) is 59.2 Å². The Labute approximate surface area is 132 Å². The molecule has 0 saturated carbocycles. The van der Waals surface area contributed by atoms with Gasteiger partial charge >= 0.3 is 0 Å². The Kier molecular flexibility index (Phi) is 5.55. The molecule has 2 aromatic carbocycles. The average Bonchev–Trinajstić information content (AvgIpc) is 2.48. The van der Waals surface area contributed by atoms with E-state index in [1.165, 1.54) is 24.3 Å². The number of thioether (sulfide) groups is 1. The fourth-order valence-corrected chi connectivity index (χ4v) is 2.71. The topological polar surface area (TPSA) is 26.3 Å². The molecule has 2 rings (SSSR count). The molecule has 0 radical (unpaired) electrons. The average molecular weight is 322 g/mol. The fraction of sp³-hybridized carbons (Fsp3) is 0.235. The normalized spacial score (nSPS) is 10.5. The Morgan fingerprint density at radius 1 is 1.23 bits per heavy atom. The minimum atomic E-state index is -0.423. The van der Waals surface area contributed by atoms with Gasteiger partial charge in [0.25, 0.3) is 0 Å². The summed E-state index contributed by atoms with van der Waals surface area (Å²) in [6, 6.07) is 8.74. The zero-order valence-electron chi connectivity index (χ0n) is 12.4. The predicted octanol–water partition coefficient (Wildman–Crippen LogP) is 4.88. The van der Waals surface area contributed by atoms with E-state index in [4.69, 9.17) is 4.74 Å². The molecule has 0 aliphatic rings. The molecule has 0 fully saturated rings. The molecule has 0 amide bonds. The monoisotopic (exact) mass is 322 g/mol. The van der Waals surface area contributed by atoms with E-state index in [0.29, 0.717) is 28.2 Å². The van der Waals surface area contributed by atoms with Crippen molar-refractivity contribution in [3.63, 3.8) is 0 Å². The highest BCUT2D eigenvalue weighted by molar-refractivity contribution is 8.13. The molecule has 116 valence electrons. The first kappa shape index (κ1) is 16.5. The maximum Gasteiger partial charge on any atom is 0.193 e. The Bertz CT molecular complexity index is 686. The molecular formula is C17H16F2O2S. The zero-order chi connectivity index (χ0) is 16.1. The third-order valence-corrected chi connectivity index (χ3v) is 4.22. The first-order valence-corrected chi connectivity index (χ1v) is 7.70. The first-order chi connectivity index (χ1) is 10.5. The van der Waals surface area contributed by atoms with Crippen LogP contribution in [-0.4, -0.2) is 5.12 Å². The van der Waals surface area contributed by atoms with E-state index in [1.807, 2.05) is 0 Å². The van der Waals surface area contributed by atoms with Crippen molar-refractivity contribution in [1.29, 1.82) is 0 Å². The molecule has 0 bridgehead atoms. The molecule has 0 N–H and O–H groups in total. The van der Waals surface area contributed by atoms with Crippen molar-refractivity contribution < 1.29 is 18.3 Å². The molecule has 0 atom stereocenters. The summed E-state index contributed by atoms with van der Waals surface area (Å²) < 4.78 is 32.7. The maximum atomic E-state index is 14.0. The van der Waals surface area contributed by atoms with E-state index in [2.05, 4.69) is 0 Å². The van der Waals surface area contributed by atoms with Crippen LogP contribution < -0.4 is 4.74 Å². The summed E-state index contributed by atoms with van der Waals surface area (Å²) >= 11 is 1.01. The number of carbonyl (C=O) groups excluding carboxylic acids is 1. The van der Waals surface area contributed by atoms with Gasteiger partial charge in [-0.3, -0.25) is 4.79 Å². The Hall–Kier alpha value is -1.88. The second kappa shape index (κ2) is 7.40. The van der Waals surface area contributed by atoms with Gasteiger partial charge < -0.3 is 4.74 Å². The third kappa shape index (κ3) is 4.07. The van der Waals surface area contributed by atoms with Crippen LogP contribution in [0.4, 0.5) is 8.78 Å². The van der Waals surface area contributed by atoms with Gasteiger partial charge in [-0.05, 0) is 42.8 Å². The van der Waals surface area contributed by atoms with Crippen molar-refractivity contribution in [1.82, 2.24) is 0 Å². The van der Waals surface area contributed by atoms with Crippen molar-refractivity contribution in [2.45, 2.75) is 31.8 Å². The number of carbonyl (C=O) groups is 1. The van der Waals surface area contributed by atoms with Gasteiger partial charge in [-0.2, -0.15) is 0 Å². The summed E-state index contributed by atoms with van der Waals surface area (Å²) in [5.74, 6) is -0.281. The number of hydrogen-bond donors (Lipinski definition) is 0. The van der Waals surface area contributed by atoms with Crippen molar-refractivity contribution in [3.8, 4) is 5.75 Å². The predicted molar refractivity (Wildman–Crippen MR) is 83.0 cm³/mol. The summed E-state index contributed by atoms with van der Waals surface area (Å²) in [5.41, 5.74) is 0.966. The van der Waals surface area contributed by atoms with Crippen LogP contribution in [0.15, 0.2) is 41.3 Å². The molecule has 2 aromatic rings. The maximum absolute atomic E-state index is 14.0. The van der Waals surface area contributed by atoms with Crippen LogP contribution in [0.2, 0.25) is 0 Å². The SMILES string of the molecule is CCC(=O)Sc1cccc(F)c1COc1ccc(F)cc1C. The van der Waals surface area contributed by atoms with Crippen LogP contribution in [0.3, 0.4) is 0 Å². The lowest BCUT2D eigenvalue weighted by molar-refractivity contribution is -0.110. The molecule has 0 aliphatic heterocycles. The van der Waals surface area contributed by atoms with Crippen LogP contribution in [0.1, 0.15) is 24.5 Å². The van der Waals surface area contributed by atoms with Gasteiger partial charge in [0, 0.05) is 16.9 Å². The fourth-order valence-electron chi connectivity index (χ4n) is 1.89. The number of halogens is 2. The quantitative estimate of drug-likeness (QED) is 0.734. The minimum Gasteiger partial charge on any atom is -0.488 e. The summed E-state index contributed by atoms with van der Waals surface area (Å²) in [6.45, 7) is 3.46. The highest BCUT2D eigenvalue weighted by atomic mass is 32.2. The van der Waals surface area contributed by atoms with E-state index >= 15 is 0 Å². The van der Waals surface area contributed by atoms with Gasteiger partial charge in [-0.1, -0.05) is 24.8 Å². The Morgan fingerprint density at radius 2 is 2.00 bits per heavy atom. The molecule has 0 aliphatic carbocycles. The van der Waals surface area contributed by atoms with Crippen molar-refractivity contribution >= 4 is 16.9 Å². The van der Waals surface area contributed by atoms with Crippen LogP contribution in [0.5, 0.6) is 5.75 Å². The Morgan fingerprint density at radius 3 is 2.68 bits per heavy atom. The second-order valence-electron chi connectivity index (χ2n) is 4.74. The lowest BCUT2D eigenvalue weighted by atomic mass is 10.2. The van der Waals surface area contributed by atoms with E-state index < -0.39 is 5.82 Å². The number of benzene rings is 2. The van der Waals surface area contributed by atoms with E-state index in [9.17, 15) is 13.6 Å². The van der Waals surface area contributed by atoms with Gasteiger partial charge in [0.15, 0.2) is 5.12 Å². The Balaban J connectivity index is 2.19. The zero-order valence-corrected chi connectivity index (χ0v) is 13.2. The molecule has 0 aromatic heterocycles. The number of aryl methyl sites for hydroxylation is 1.